The summed E-state index contributed by atoms with van der Waals surface area (Å²) >= 11 is 1.28. The van der Waals surface area contributed by atoms with E-state index < -0.39 is 5.97 Å². The number of amides is 1. The highest BCUT2D eigenvalue weighted by atomic mass is 32.1. The summed E-state index contributed by atoms with van der Waals surface area (Å²) in [5.41, 5.74) is 0.0667. The number of aryl methyl sites for hydroxylation is 1. The van der Waals surface area contributed by atoms with E-state index in [1.807, 2.05) is 0 Å². The van der Waals surface area contributed by atoms with E-state index in [9.17, 15) is 9.59 Å². The van der Waals surface area contributed by atoms with Crippen LogP contribution in [-0.4, -0.2) is 59.7 Å². The molecule has 0 unspecified atom stereocenters. The Labute approximate surface area is 120 Å². The van der Waals surface area contributed by atoms with Crippen LogP contribution in [0.25, 0.3) is 0 Å². The number of carbonyl (C=O) groups is 2. The van der Waals surface area contributed by atoms with Gasteiger partial charge in [-0.1, -0.05) is 0 Å². The fraction of sp³-hybridized carbons (Fsp3) is 0.583. The van der Waals surface area contributed by atoms with Crippen LogP contribution < -0.4 is 5.32 Å². The van der Waals surface area contributed by atoms with Crippen LogP contribution in [0.15, 0.2) is 0 Å². The van der Waals surface area contributed by atoms with Crippen molar-refractivity contribution in [3.05, 3.63) is 10.6 Å². The number of carboxylic acid groups (broad SMARTS) is 1. The van der Waals surface area contributed by atoms with Gasteiger partial charge in [-0.05, 0) is 6.92 Å². The quantitative estimate of drug-likeness (QED) is 0.836. The molecular weight excluding hydrogens is 282 g/mol. The van der Waals surface area contributed by atoms with Gasteiger partial charge in [0.25, 0.3) is 0 Å². The number of morpholine rings is 1. The number of aromatic nitrogens is 1. The van der Waals surface area contributed by atoms with Gasteiger partial charge in [0.2, 0.25) is 5.91 Å². The fourth-order valence-corrected chi connectivity index (χ4v) is 2.75. The monoisotopic (exact) mass is 299 g/mol. The molecule has 0 atom stereocenters. The summed E-state index contributed by atoms with van der Waals surface area (Å²) < 4.78 is 5.19. The smallest absolute Gasteiger partial charge is 0.355 e. The number of hydrogen-bond acceptors (Lipinski definition) is 6. The topological polar surface area (TPSA) is 91.8 Å². The van der Waals surface area contributed by atoms with Crippen molar-refractivity contribution in [2.24, 2.45) is 0 Å². The normalized spacial score (nSPS) is 15.2. The van der Waals surface area contributed by atoms with E-state index in [-0.39, 0.29) is 11.6 Å². The lowest BCUT2D eigenvalue weighted by Crippen LogP contribution is -2.41. The Hall–Kier alpha value is -1.67. The minimum absolute atomic E-state index is 0.0667. The third-order valence-electron chi connectivity index (χ3n) is 2.98. The van der Waals surface area contributed by atoms with Crippen LogP contribution >= 0.6 is 11.3 Å². The van der Waals surface area contributed by atoms with Crippen molar-refractivity contribution < 1.29 is 19.4 Å². The van der Waals surface area contributed by atoms with Crippen molar-refractivity contribution in [2.45, 2.75) is 13.3 Å². The molecule has 2 heterocycles. The predicted octanol–water partition coefficient (Wildman–Crippen LogP) is 0.811. The van der Waals surface area contributed by atoms with Gasteiger partial charge < -0.3 is 20.1 Å². The van der Waals surface area contributed by atoms with Crippen molar-refractivity contribution in [3.63, 3.8) is 0 Å². The minimum Gasteiger partial charge on any atom is -0.476 e. The van der Waals surface area contributed by atoms with Crippen LogP contribution in [-0.2, 0) is 9.53 Å². The summed E-state index contributed by atoms with van der Waals surface area (Å²) in [5.74, 6) is -0.955. The van der Waals surface area contributed by atoms with Crippen LogP contribution in [0.3, 0.4) is 0 Å². The maximum absolute atomic E-state index is 11.9. The van der Waals surface area contributed by atoms with E-state index in [4.69, 9.17) is 9.84 Å². The largest absolute Gasteiger partial charge is 0.476 e. The average Bonchev–Trinajstić information content (AvgIpc) is 2.81. The Morgan fingerprint density at radius 3 is 2.75 bits per heavy atom. The lowest BCUT2D eigenvalue weighted by atomic mass is 10.3. The molecule has 1 aromatic rings. The van der Waals surface area contributed by atoms with Gasteiger partial charge in [-0.25, -0.2) is 9.78 Å². The summed E-state index contributed by atoms with van der Waals surface area (Å²) in [4.78, 5) is 29.2. The average molecular weight is 299 g/mol. The van der Waals surface area contributed by atoms with Crippen molar-refractivity contribution in [2.75, 3.05) is 38.2 Å². The van der Waals surface area contributed by atoms with Crippen LogP contribution in [0.1, 0.15) is 21.8 Å². The third-order valence-corrected chi connectivity index (χ3v) is 3.91. The maximum Gasteiger partial charge on any atom is 0.355 e. The van der Waals surface area contributed by atoms with Crippen LogP contribution in [0.2, 0.25) is 0 Å². The van der Waals surface area contributed by atoms with Gasteiger partial charge in [-0.15, -0.1) is 11.3 Å². The molecule has 2 N–H and O–H groups in total. The number of nitrogens with one attached hydrogen (secondary N) is 1. The van der Waals surface area contributed by atoms with E-state index in [0.717, 1.165) is 0 Å². The van der Waals surface area contributed by atoms with Crippen LogP contribution in [0.5, 0.6) is 0 Å². The summed E-state index contributed by atoms with van der Waals surface area (Å²) in [6.45, 7) is 4.61. The highest BCUT2D eigenvalue weighted by Gasteiger charge is 2.17. The van der Waals surface area contributed by atoms with Crippen molar-refractivity contribution in [1.29, 1.82) is 0 Å². The highest BCUT2D eigenvalue weighted by Crippen LogP contribution is 2.21. The molecule has 2 rings (SSSR count). The van der Waals surface area contributed by atoms with E-state index in [1.54, 1.807) is 11.8 Å². The zero-order valence-electron chi connectivity index (χ0n) is 11.2. The van der Waals surface area contributed by atoms with Crippen molar-refractivity contribution >= 4 is 28.3 Å². The van der Waals surface area contributed by atoms with Gasteiger partial charge in [-0.2, -0.15) is 0 Å². The number of carbonyl (C=O) groups excluding carboxylic acids is 1. The number of anilines is 1. The number of thiazole rings is 1. The van der Waals surface area contributed by atoms with Gasteiger partial charge in [0.15, 0.2) is 10.8 Å². The van der Waals surface area contributed by atoms with Crippen LogP contribution in [0, 0.1) is 6.92 Å². The fourth-order valence-electron chi connectivity index (χ4n) is 1.92. The Bertz CT molecular complexity index is 497. The summed E-state index contributed by atoms with van der Waals surface area (Å²) in [6.07, 6.45) is 0.362. The lowest BCUT2D eigenvalue weighted by molar-refractivity contribution is -0.134. The van der Waals surface area contributed by atoms with Crippen molar-refractivity contribution in [3.8, 4) is 0 Å². The molecule has 0 aliphatic carbocycles. The third kappa shape index (κ3) is 3.67. The molecule has 7 nitrogen and oxygen atoms in total. The summed E-state index contributed by atoms with van der Waals surface area (Å²) in [7, 11) is 0. The Balaban J connectivity index is 1.79. The van der Waals surface area contributed by atoms with Gasteiger partial charge in [0, 0.05) is 30.9 Å². The standard InChI is InChI=1S/C12H17N3O4S/c1-8-10(11(17)18)14-12(20-8)13-3-2-9(16)15-4-6-19-7-5-15/h2-7H2,1H3,(H,13,14)(H,17,18). The number of rotatable bonds is 5. The molecule has 1 fully saturated rings. The first-order valence-corrected chi connectivity index (χ1v) is 7.19. The highest BCUT2D eigenvalue weighted by molar-refractivity contribution is 7.15. The SMILES string of the molecule is Cc1sc(NCCC(=O)N2CCOCC2)nc1C(=O)O. The minimum atomic E-state index is -1.03. The van der Waals surface area contributed by atoms with E-state index in [2.05, 4.69) is 10.3 Å². The predicted molar refractivity (Wildman–Crippen MR) is 74.3 cm³/mol. The first-order valence-electron chi connectivity index (χ1n) is 6.38. The zero-order chi connectivity index (χ0) is 14.5. The van der Waals surface area contributed by atoms with Crippen molar-refractivity contribution in [1.82, 2.24) is 9.88 Å². The zero-order valence-corrected chi connectivity index (χ0v) is 12.0. The Kier molecular flexibility index (Phi) is 4.91. The molecule has 1 aromatic heterocycles. The van der Waals surface area contributed by atoms with Crippen LogP contribution in [0.4, 0.5) is 5.13 Å². The second-order valence-electron chi connectivity index (χ2n) is 4.40. The molecule has 110 valence electrons. The molecule has 0 bridgehead atoms. The first-order chi connectivity index (χ1) is 9.58. The molecule has 1 saturated heterocycles. The molecule has 0 saturated carbocycles. The maximum atomic E-state index is 11.9. The second kappa shape index (κ2) is 6.67. The van der Waals surface area contributed by atoms with E-state index in [1.165, 1.54) is 11.3 Å². The van der Waals surface area contributed by atoms with Gasteiger partial charge >= 0.3 is 5.97 Å². The molecule has 1 aliphatic heterocycles. The number of aromatic carboxylic acids is 1. The summed E-state index contributed by atoms with van der Waals surface area (Å²) in [5, 5.41) is 12.4. The molecule has 1 aliphatic rings. The van der Waals surface area contributed by atoms with E-state index in [0.29, 0.717) is 49.3 Å². The molecule has 20 heavy (non-hydrogen) atoms. The first kappa shape index (κ1) is 14.7. The number of hydrogen-bond donors (Lipinski definition) is 2. The number of nitrogens with zero attached hydrogens (tertiary/aromatic N) is 2. The van der Waals surface area contributed by atoms with E-state index >= 15 is 0 Å². The molecule has 1 amide bonds. The second-order valence-corrected chi connectivity index (χ2v) is 5.60. The Morgan fingerprint density at radius 2 is 2.15 bits per heavy atom. The lowest BCUT2D eigenvalue weighted by Gasteiger charge is -2.26. The van der Waals surface area contributed by atoms with Gasteiger partial charge in [0.1, 0.15) is 0 Å². The Morgan fingerprint density at radius 1 is 1.45 bits per heavy atom. The summed E-state index contributed by atoms with van der Waals surface area (Å²) in [6, 6.07) is 0. The molecular formula is C12H17N3O4S. The molecule has 0 radical (unpaired) electrons. The number of ether oxygens (including phenoxy) is 1. The number of carboxylic acids is 1. The van der Waals surface area contributed by atoms with Gasteiger partial charge in [0.05, 0.1) is 13.2 Å². The molecule has 8 heteroatoms. The van der Waals surface area contributed by atoms with Gasteiger partial charge in [-0.3, -0.25) is 4.79 Å². The molecule has 0 spiro atoms. The molecule has 0 aromatic carbocycles.